The summed E-state index contributed by atoms with van der Waals surface area (Å²) in [6, 6.07) is 8.76. The summed E-state index contributed by atoms with van der Waals surface area (Å²) in [5.74, 6) is -0.715. The minimum Gasteiger partial charge on any atom is -0.492 e. The van der Waals surface area contributed by atoms with E-state index in [0.717, 1.165) is 6.42 Å². The highest BCUT2D eigenvalue weighted by Crippen LogP contribution is 2.17. The number of hydrogen-bond acceptors (Lipinski definition) is 4. The van der Waals surface area contributed by atoms with Gasteiger partial charge in [0, 0.05) is 30.7 Å². The Hall–Kier alpha value is -2.83. The third kappa shape index (κ3) is 5.46. The normalized spacial score (nSPS) is 10.1. The molecule has 0 aliphatic carbocycles. The molecule has 0 bridgehead atoms. The predicted octanol–water partition coefficient (Wildman–Crippen LogP) is 1.43. The van der Waals surface area contributed by atoms with Crippen LogP contribution in [0.4, 0.5) is 5.69 Å². The molecule has 0 saturated carbocycles. The van der Waals surface area contributed by atoms with Gasteiger partial charge in [-0.2, -0.15) is 5.10 Å². The maximum atomic E-state index is 11.7. The molecule has 0 aliphatic heterocycles. The van der Waals surface area contributed by atoms with Crippen LogP contribution in [0.2, 0.25) is 0 Å². The van der Waals surface area contributed by atoms with E-state index in [1.165, 1.54) is 0 Å². The third-order valence-corrected chi connectivity index (χ3v) is 2.98. The van der Waals surface area contributed by atoms with Crippen molar-refractivity contribution in [2.45, 2.75) is 19.9 Å². The number of anilines is 1. The zero-order chi connectivity index (χ0) is 16.5. The van der Waals surface area contributed by atoms with Gasteiger partial charge in [-0.1, -0.05) is 13.0 Å². The Morgan fingerprint density at radius 2 is 2.13 bits per heavy atom. The quantitative estimate of drug-likeness (QED) is 0.757. The molecule has 122 valence electrons. The predicted molar refractivity (Wildman–Crippen MR) is 86.1 cm³/mol. The van der Waals surface area contributed by atoms with Crippen LogP contribution in [0.15, 0.2) is 42.7 Å². The lowest BCUT2D eigenvalue weighted by atomic mass is 10.3. The first-order chi connectivity index (χ1) is 11.2. The number of nitrogens with one attached hydrogen (secondary N) is 2. The van der Waals surface area contributed by atoms with Crippen molar-refractivity contribution in [3.05, 3.63) is 42.7 Å². The standard InChI is InChI=1S/C16H20N4O3/c1-2-7-17-15(21)16(22)19-13-5-3-6-14(12-13)23-11-10-20-9-4-8-18-20/h3-6,8-9,12H,2,7,10-11H2,1H3,(H,17,21)(H,19,22). The minimum atomic E-state index is -0.688. The second-order valence-electron chi connectivity index (χ2n) is 4.86. The average molecular weight is 316 g/mol. The summed E-state index contributed by atoms with van der Waals surface area (Å²) in [5.41, 5.74) is 0.512. The largest absolute Gasteiger partial charge is 0.492 e. The van der Waals surface area contributed by atoms with Crippen molar-refractivity contribution in [1.29, 1.82) is 0 Å². The molecular weight excluding hydrogens is 296 g/mol. The lowest BCUT2D eigenvalue weighted by Crippen LogP contribution is -2.35. The first-order valence-corrected chi connectivity index (χ1v) is 7.48. The minimum absolute atomic E-state index is 0.454. The second kappa shape index (κ2) is 8.57. The summed E-state index contributed by atoms with van der Waals surface area (Å²) in [6.07, 6.45) is 4.34. The summed E-state index contributed by atoms with van der Waals surface area (Å²) in [4.78, 5) is 23.3. The van der Waals surface area contributed by atoms with E-state index in [4.69, 9.17) is 4.74 Å². The van der Waals surface area contributed by atoms with Crippen LogP contribution in [-0.2, 0) is 16.1 Å². The highest BCUT2D eigenvalue weighted by Gasteiger charge is 2.12. The van der Waals surface area contributed by atoms with Gasteiger partial charge in [0.15, 0.2) is 0 Å². The molecule has 2 N–H and O–H groups in total. The second-order valence-corrected chi connectivity index (χ2v) is 4.86. The molecule has 23 heavy (non-hydrogen) atoms. The molecule has 0 atom stereocenters. The lowest BCUT2D eigenvalue weighted by Gasteiger charge is -2.09. The van der Waals surface area contributed by atoms with Gasteiger partial charge in [0.2, 0.25) is 0 Å². The number of ether oxygens (including phenoxy) is 1. The summed E-state index contributed by atoms with van der Waals surface area (Å²) in [6.45, 7) is 3.48. The van der Waals surface area contributed by atoms with Crippen LogP contribution >= 0.6 is 0 Å². The van der Waals surface area contributed by atoms with Crippen molar-refractivity contribution in [1.82, 2.24) is 15.1 Å². The highest BCUT2D eigenvalue weighted by molar-refractivity contribution is 6.39. The van der Waals surface area contributed by atoms with Crippen LogP contribution in [-0.4, -0.2) is 34.7 Å². The number of hydrogen-bond donors (Lipinski definition) is 2. The van der Waals surface area contributed by atoms with Crippen LogP contribution in [0.3, 0.4) is 0 Å². The van der Waals surface area contributed by atoms with Gasteiger partial charge in [-0.05, 0) is 24.6 Å². The van der Waals surface area contributed by atoms with E-state index in [2.05, 4.69) is 15.7 Å². The van der Waals surface area contributed by atoms with Crippen LogP contribution in [0.5, 0.6) is 5.75 Å². The molecule has 7 heteroatoms. The lowest BCUT2D eigenvalue weighted by molar-refractivity contribution is -0.136. The fourth-order valence-corrected chi connectivity index (χ4v) is 1.86. The topological polar surface area (TPSA) is 85.3 Å². The molecule has 2 aromatic rings. The van der Waals surface area contributed by atoms with Gasteiger partial charge >= 0.3 is 11.8 Å². The van der Waals surface area contributed by atoms with Gasteiger partial charge < -0.3 is 15.4 Å². The number of benzene rings is 1. The maximum Gasteiger partial charge on any atom is 0.313 e. The molecule has 1 heterocycles. The van der Waals surface area contributed by atoms with Gasteiger partial charge in [-0.15, -0.1) is 0 Å². The zero-order valence-corrected chi connectivity index (χ0v) is 13.0. The fourth-order valence-electron chi connectivity index (χ4n) is 1.86. The van der Waals surface area contributed by atoms with E-state index < -0.39 is 11.8 Å². The van der Waals surface area contributed by atoms with E-state index >= 15 is 0 Å². The number of carbonyl (C=O) groups is 2. The van der Waals surface area contributed by atoms with Crippen LogP contribution < -0.4 is 15.4 Å². The van der Waals surface area contributed by atoms with E-state index in [1.807, 2.05) is 19.2 Å². The van der Waals surface area contributed by atoms with Crippen molar-refractivity contribution in [2.24, 2.45) is 0 Å². The molecule has 0 unspecified atom stereocenters. The van der Waals surface area contributed by atoms with E-state index in [9.17, 15) is 9.59 Å². The Kier molecular flexibility index (Phi) is 6.17. The van der Waals surface area contributed by atoms with Crippen LogP contribution in [0.1, 0.15) is 13.3 Å². The number of carbonyl (C=O) groups excluding carboxylic acids is 2. The Balaban J connectivity index is 1.84. The number of aromatic nitrogens is 2. The van der Waals surface area contributed by atoms with Crippen LogP contribution in [0, 0.1) is 0 Å². The fraction of sp³-hybridized carbons (Fsp3) is 0.312. The molecule has 0 spiro atoms. The third-order valence-electron chi connectivity index (χ3n) is 2.98. The molecule has 1 aromatic carbocycles. The highest BCUT2D eigenvalue weighted by atomic mass is 16.5. The first-order valence-electron chi connectivity index (χ1n) is 7.48. The molecule has 0 saturated heterocycles. The van der Waals surface area contributed by atoms with Gasteiger partial charge in [-0.3, -0.25) is 14.3 Å². The van der Waals surface area contributed by atoms with Crippen molar-refractivity contribution in [2.75, 3.05) is 18.5 Å². The number of nitrogens with zero attached hydrogens (tertiary/aromatic N) is 2. The van der Waals surface area contributed by atoms with Crippen LogP contribution in [0.25, 0.3) is 0 Å². The van der Waals surface area contributed by atoms with Crippen molar-refractivity contribution in [3.8, 4) is 5.75 Å². The van der Waals surface area contributed by atoms with Crippen molar-refractivity contribution < 1.29 is 14.3 Å². The molecule has 2 rings (SSSR count). The van der Waals surface area contributed by atoms with Gasteiger partial charge in [0.05, 0.1) is 6.54 Å². The molecule has 0 aliphatic rings. The van der Waals surface area contributed by atoms with Gasteiger partial charge in [0.1, 0.15) is 12.4 Å². The van der Waals surface area contributed by atoms with E-state index in [-0.39, 0.29) is 0 Å². The SMILES string of the molecule is CCCNC(=O)C(=O)Nc1cccc(OCCn2cccn2)c1. The van der Waals surface area contributed by atoms with E-state index in [0.29, 0.717) is 31.1 Å². The number of rotatable bonds is 7. The molecule has 2 amide bonds. The summed E-state index contributed by atoms with van der Waals surface area (Å²) < 4.78 is 7.38. The molecule has 0 fully saturated rings. The van der Waals surface area contributed by atoms with E-state index in [1.54, 1.807) is 35.1 Å². The summed E-state index contributed by atoms with van der Waals surface area (Å²) >= 11 is 0. The van der Waals surface area contributed by atoms with Gasteiger partial charge in [0.25, 0.3) is 0 Å². The summed E-state index contributed by atoms with van der Waals surface area (Å²) in [5, 5.41) is 9.15. The van der Waals surface area contributed by atoms with Crippen molar-refractivity contribution in [3.63, 3.8) is 0 Å². The van der Waals surface area contributed by atoms with Gasteiger partial charge in [-0.25, -0.2) is 0 Å². The smallest absolute Gasteiger partial charge is 0.313 e. The Labute approximate surface area is 134 Å². The monoisotopic (exact) mass is 316 g/mol. The average Bonchev–Trinajstić information content (AvgIpc) is 3.06. The molecule has 0 radical (unpaired) electrons. The molecule has 7 nitrogen and oxygen atoms in total. The Morgan fingerprint density at radius 1 is 1.26 bits per heavy atom. The first kappa shape index (κ1) is 16.5. The molecule has 1 aromatic heterocycles. The Bertz CT molecular complexity index is 641. The zero-order valence-electron chi connectivity index (χ0n) is 13.0. The van der Waals surface area contributed by atoms with Crippen molar-refractivity contribution >= 4 is 17.5 Å². The molecular formula is C16H20N4O3. The number of amides is 2. The summed E-state index contributed by atoms with van der Waals surface area (Å²) in [7, 11) is 0. The maximum absolute atomic E-state index is 11.7. The Morgan fingerprint density at radius 3 is 2.87 bits per heavy atom.